The fraction of sp³-hybridized carbons (Fsp3) is 0.550. The predicted octanol–water partition coefficient (Wildman–Crippen LogP) is 0.679. The number of piperidine rings is 1. The standard InChI is InChI=1S/C20H26N4O3/c25-18-6-5-17(19(26)23-18)24-12-14-10-13(3-4-16(14)20(24)27)11-21-9-7-15-2-1-8-22-15/h3-4,10,15,17,21-22H,1-2,5-9,11-12H2,(H,23,25,26)/t15-,17?/m0/s1. The van der Waals surface area contributed by atoms with Crippen molar-refractivity contribution in [3.63, 3.8) is 0 Å². The highest BCUT2D eigenvalue weighted by molar-refractivity contribution is 6.05. The van der Waals surface area contributed by atoms with Crippen molar-refractivity contribution in [2.24, 2.45) is 0 Å². The van der Waals surface area contributed by atoms with E-state index in [-0.39, 0.29) is 24.1 Å². The third-order valence-electron chi connectivity index (χ3n) is 5.75. The molecule has 3 aliphatic heterocycles. The fourth-order valence-electron chi connectivity index (χ4n) is 4.25. The molecule has 144 valence electrons. The largest absolute Gasteiger partial charge is 0.322 e. The lowest BCUT2D eigenvalue weighted by atomic mass is 10.0. The molecule has 3 aliphatic rings. The number of nitrogens with zero attached hydrogens (tertiary/aromatic N) is 1. The van der Waals surface area contributed by atoms with Gasteiger partial charge in [0.1, 0.15) is 6.04 Å². The summed E-state index contributed by atoms with van der Waals surface area (Å²) in [5.74, 6) is -0.747. The third-order valence-corrected chi connectivity index (χ3v) is 5.75. The van der Waals surface area contributed by atoms with Crippen molar-refractivity contribution in [1.82, 2.24) is 20.9 Å². The van der Waals surface area contributed by atoms with Crippen LogP contribution in [0.15, 0.2) is 18.2 Å². The van der Waals surface area contributed by atoms with Gasteiger partial charge in [-0.05, 0) is 56.0 Å². The van der Waals surface area contributed by atoms with Gasteiger partial charge < -0.3 is 15.5 Å². The molecule has 2 fully saturated rings. The molecule has 7 heteroatoms. The summed E-state index contributed by atoms with van der Waals surface area (Å²) in [5.41, 5.74) is 2.77. The van der Waals surface area contributed by atoms with E-state index in [9.17, 15) is 14.4 Å². The van der Waals surface area contributed by atoms with E-state index in [0.717, 1.165) is 37.2 Å². The Morgan fingerprint density at radius 2 is 2.07 bits per heavy atom. The van der Waals surface area contributed by atoms with E-state index in [0.29, 0.717) is 24.6 Å². The number of hydrogen-bond acceptors (Lipinski definition) is 5. The van der Waals surface area contributed by atoms with Crippen LogP contribution in [0.25, 0.3) is 0 Å². The van der Waals surface area contributed by atoms with E-state index in [1.165, 1.54) is 12.8 Å². The highest BCUT2D eigenvalue weighted by Crippen LogP contribution is 2.28. The molecule has 1 aromatic rings. The molecule has 1 unspecified atom stereocenters. The van der Waals surface area contributed by atoms with Crippen LogP contribution in [-0.4, -0.2) is 47.8 Å². The monoisotopic (exact) mass is 370 g/mol. The number of carbonyl (C=O) groups is 3. The zero-order valence-electron chi connectivity index (χ0n) is 15.4. The molecule has 0 saturated carbocycles. The van der Waals surface area contributed by atoms with E-state index >= 15 is 0 Å². The summed E-state index contributed by atoms with van der Waals surface area (Å²) >= 11 is 0. The Balaban J connectivity index is 1.34. The number of benzene rings is 1. The quantitative estimate of drug-likeness (QED) is 0.506. The maximum atomic E-state index is 12.7. The molecule has 7 nitrogen and oxygen atoms in total. The molecule has 4 rings (SSSR count). The van der Waals surface area contributed by atoms with Crippen molar-refractivity contribution in [3.8, 4) is 0 Å². The van der Waals surface area contributed by atoms with Crippen molar-refractivity contribution < 1.29 is 14.4 Å². The maximum Gasteiger partial charge on any atom is 0.255 e. The lowest BCUT2D eigenvalue weighted by Crippen LogP contribution is -2.52. The van der Waals surface area contributed by atoms with E-state index < -0.39 is 6.04 Å². The molecule has 0 spiro atoms. The summed E-state index contributed by atoms with van der Waals surface area (Å²) in [6.07, 6.45) is 4.34. The van der Waals surface area contributed by atoms with E-state index in [1.807, 2.05) is 12.1 Å². The van der Waals surface area contributed by atoms with Gasteiger partial charge in [-0.25, -0.2) is 0 Å². The van der Waals surface area contributed by atoms with Gasteiger partial charge in [0.15, 0.2) is 0 Å². The molecule has 3 heterocycles. The average Bonchev–Trinajstić information content (AvgIpc) is 3.27. The number of nitrogens with one attached hydrogen (secondary N) is 3. The number of imide groups is 1. The lowest BCUT2D eigenvalue weighted by Gasteiger charge is -2.29. The first-order valence-corrected chi connectivity index (χ1v) is 9.82. The molecular weight excluding hydrogens is 344 g/mol. The Labute approximate surface area is 158 Å². The molecule has 2 saturated heterocycles. The van der Waals surface area contributed by atoms with Crippen molar-refractivity contribution in [1.29, 1.82) is 0 Å². The summed E-state index contributed by atoms with van der Waals surface area (Å²) in [5, 5.41) is 9.31. The summed E-state index contributed by atoms with van der Waals surface area (Å²) < 4.78 is 0. The second-order valence-corrected chi connectivity index (χ2v) is 7.65. The van der Waals surface area contributed by atoms with Crippen LogP contribution >= 0.6 is 0 Å². The van der Waals surface area contributed by atoms with Gasteiger partial charge in [0, 0.05) is 31.1 Å². The second-order valence-electron chi connectivity index (χ2n) is 7.65. The predicted molar refractivity (Wildman–Crippen MR) is 99.8 cm³/mol. The smallest absolute Gasteiger partial charge is 0.255 e. The Morgan fingerprint density at radius 3 is 2.85 bits per heavy atom. The van der Waals surface area contributed by atoms with Crippen LogP contribution in [0.1, 0.15) is 53.6 Å². The zero-order chi connectivity index (χ0) is 18.8. The SMILES string of the molecule is O=C1CCC(N2Cc3cc(CNCC[C@@H]4CCCN4)ccc3C2=O)C(=O)N1. The van der Waals surface area contributed by atoms with Gasteiger partial charge in [0.05, 0.1) is 0 Å². The van der Waals surface area contributed by atoms with E-state index in [1.54, 1.807) is 4.90 Å². The molecule has 0 radical (unpaired) electrons. The minimum Gasteiger partial charge on any atom is -0.322 e. The molecule has 0 aliphatic carbocycles. The minimum absolute atomic E-state index is 0.119. The number of carbonyl (C=O) groups excluding carboxylic acids is 3. The Kier molecular flexibility index (Phi) is 5.22. The molecule has 27 heavy (non-hydrogen) atoms. The summed E-state index contributed by atoms with van der Waals surface area (Å²) in [6, 6.07) is 5.98. The van der Waals surface area contributed by atoms with E-state index in [4.69, 9.17) is 0 Å². The summed E-state index contributed by atoms with van der Waals surface area (Å²) in [6.45, 7) is 3.30. The van der Waals surface area contributed by atoms with Crippen LogP contribution in [0, 0.1) is 0 Å². The molecule has 1 aromatic carbocycles. The molecule has 3 N–H and O–H groups in total. The summed E-state index contributed by atoms with van der Waals surface area (Å²) in [4.78, 5) is 37.7. The van der Waals surface area contributed by atoms with Gasteiger partial charge in [0.25, 0.3) is 5.91 Å². The minimum atomic E-state index is -0.553. The number of amides is 3. The van der Waals surface area contributed by atoms with Gasteiger partial charge in [-0.2, -0.15) is 0 Å². The van der Waals surface area contributed by atoms with Crippen LogP contribution in [-0.2, 0) is 22.7 Å². The first kappa shape index (κ1) is 18.1. The highest BCUT2D eigenvalue weighted by atomic mass is 16.2. The molecule has 2 atom stereocenters. The third kappa shape index (κ3) is 3.89. The number of hydrogen-bond donors (Lipinski definition) is 3. The Morgan fingerprint density at radius 1 is 1.19 bits per heavy atom. The maximum absolute atomic E-state index is 12.7. The molecule has 0 aromatic heterocycles. The van der Waals surface area contributed by atoms with Gasteiger partial charge in [0.2, 0.25) is 11.8 Å². The van der Waals surface area contributed by atoms with Crippen LogP contribution in [0.3, 0.4) is 0 Å². The summed E-state index contributed by atoms with van der Waals surface area (Å²) in [7, 11) is 0. The first-order valence-electron chi connectivity index (χ1n) is 9.82. The Bertz CT molecular complexity index is 758. The number of fused-ring (bicyclic) bond motifs is 1. The van der Waals surface area contributed by atoms with Crippen LogP contribution < -0.4 is 16.0 Å². The van der Waals surface area contributed by atoms with Crippen molar-refractivity contribution in [2.45, 2.75) is 57.3 Å². The van der Waals surface area contributed by atoms with Gasteiger partial charge in [-0.3, -0.25) is 19.7 Å². The topological polar surface area (TPSA) is 90.5 Å². The van der Waals surface area contributed by atoms with Crippen LogP contribution in [0.5, 0.6) is 0 Å². The van der Waals surface area contributed by atoms with Crippen molar-refractivity contribution in [2.75, 3.05) is 13.1 Å². The van der Waals surface area contributed by atoms with Crippen LogP contribution in [0.4, 0.5) is 0 Å². The average molecular weight is 370 g/mol. The normalized spacial score (nSPS) is 25.0. The number of rotatable bonds is 6. The second kappa shape index (κ2) is 7.78. The van der Waals surface area contributed by atoms with Gasteiger partial charge in [-0.15, -0.1) is 0 Å². The first-order chi connectivity index (χ1) is 13.1. The zero-order valence-corrected chi connectivity index (χ0v) is 15.4. The Hall–Kier alpha value is -2.25. The fourth-order valence-corrected chi connectivity index (χ4v) is 4.25. The molecule has 3 amide bonds. The van der Waals surface area contributed by atoms with E-state index in [2.05, 4.69) is 22.0 Å². The van der Waals surface area contributed by atoms with Gasteiger partial charge in [-0.1, -0.05) is 12.1 Å². The molecular formula is C20H26N4O3. The highest BCUT2D eigenvalue weighted by Gasteiger charge is 2.38. The van der Waals surface area contributed by atoms with Gasteiger partial charge >= 0.3 is 0 Å². The van der Waals surface area contributed by atoms with Crippen molar-refractivity contribution in [3.05, 3.63) is 34.9 Å². The van der Waals surface area contributed by atoms with Crippen molar-refractivity contribution >= 4 is 17.7 Å². The lowest BCUT2D eigenvalue weighted by molar-refractivity contribution is -0.136. The van der Waals surface area contributed by atoms with Crippen LogP contribution in [0.2, 0.25) is 0 Å². The molecule has 0 bridgehead atoms.